The van der Waals surface area contributed by atoms with Gasteiger partial charge in [0.2, 0.25) is 0 Å². The number of halogens is 3. The summed E-state index contributed by atoms with van der Waals surface area (Å²) in [4.78, 5) is 0. The van der Waals surface area contributed by atoms with E-state index in [0.717, 1.165) is 44.6 Å². The van der Waals surface area contributed by atoms with E-state index in [0.29, 0.717) is 10.4 Å². The van der Waals surface area contributed by atoms with Gasteiger partial charge in [-0.2, -0.15) is 0 Å². The Balaban J connectivity index is 2.27. The van der Waals surface area contributed by atoms with Gasteiger partial charge in [-0.15, -0.1) is 0 Å². The summed E-state index contributed by atoms with van der Waals surface area (Å²) in [5.74, 6) is 0.147. The molecule has 1 aliphatic rings. The van der Waals surface area contributed by atoms with Crippen LogP contribution in [0.25, 0.3) is 0 Å². The third kappa shape index (κ3) is 4.26. The Bertz CT molecular complexity index is 447. The van der Waals surface area contributed by atoms with Gasteiger partial charge in [0.15, 0.2) is 0 Å². The largest absolute Gasteiger partial charge is 0.310 e. The van der Waals surface area contributed by atoms with Gasteiger partial charge in [0.05, 0.1) is 0 Å². The summed E-state index contributed by atoms with van der Waals surface area (Å²) >= 11 is 3.15. The van der Waals surface area contributed by atoms with Crippen LogP contribution >= 0.6 is 15.9 Å². The van der Waals surface area contributed by atoms with E-state index in [9.17, 15) is 8.78 Å². The van der Waals surface area contributed by atoms with Crippen molar-refractivity contribution >= 4 is 15.9 Å². The Hall–Kier alpha value is -0.480. The Kier molecular flexibility index (Phi) is 6.18. The van der Waals surface area contributed by atoms with Crippen molar-refractivity contribution in [3.05, 3.63) is 33.8 Å². The second kappa shape index (κ2) is 7.68. The zero-order valence-electron chi connectivity index (χ0n) is 12.8. The Morgan fingerprint density at radius 3 is 2.29 bits per heavy atom. The van der Waals surface area contributed by atoms with Crippen LogP contribution in [0.5, 0.6) is 0 Å². The van der Waals surface area contributed by atoms with Crippen LogP contribution in [0.4, 0.5) is 8.78 Å². The first-order chi connectivity index (χ1) is 10.0. The molecule has 0 spiro atoms. The second-order valence-electron chi connectivity index (χ2n) is 6.23. The highest BCUT2D eigenvalue weighted by Crippen LogP contribution is 2.39. The maximum atomic E-state index is 14.3. The molecule has 1 unspecified atom stereocenters. The van der Waals surface area contributed by atoms with E-state index < -0.39 is 11.6 Å². The van der Waals surface area contributed by atoms with E-state index in [2.05, 4.69) is 35.1 Å². The summed E-state index contributed by atoms with van der Waals surface area (Å²) in [6.45, 7) is 5.11. The predicted molar refractivity (Wildman–Crippen MR) is 86.2 cm³/mol. The highest BCUT2D eigenvalue weighted by atomic mass is 79.9. The number of hydrogen-bond donors (Lipinski definition) is 1. The quantitative estimate of drug-likeness (QED) is 0.721. The maximum Gasteiger partial charge on any atom is 0.132 e. The zero-order valence-corrected chi connectivity index (χ0v) is 14.3. The molecule has 21 heavy (non-hydrogen) atoms. The fourth-order valence-corrected chi connectivity index (χ4v) is 3.68. The molecular formula is C17H24BrF2N. The summed E-state index contributed by atoms with van der Waals surface area (Å²) in [5, 5.41) is 3.38. The smallest absolute Gasteiger partial charge is 0.132 e. The van der Waals surface area contributed by atoms with Gasteiger partial charge in [-0.1, -0.05) is 42.6 Å². The molecule has 0 aromatic heterocycles. The van der Waals surface area contributed by atoms with Gasteiger partial charge in [-0.3, -0.25) is 0 Å². The minimum absolute atomic E-state index is 0.214. The van der Waals surface area contributed by atoms with Crippen LogP contribution in [0.1, 0.15) is 57.6 Å². The molecule has 1 fully saturated rings. The van der Waals surface area contributed by atoms with Crippen LogP contribution in [0, 0.1) is 23.5 Å². The molecule has 2 rings (SSSR count). The molecule has 118 valence electrons. The van der Waals surface area contributed by atoms with Crippen LogP contribution in [0.2, 0.25) is 0 Å². The van der Waals surface area contributed by atoms with Gasteiger partial charge in [-0.05, 0) is 49.8 Å². The summed E-state index contributed by atoms with van der Waals surface area (Å²) in [5.41, 5.74) is 0.214. The highest BCUT2D eigenvalue weighted by molar-refractivity contribution is 9.10. The average Bonchev–Trinajstić information content (AvgIpc) is 2.42. The molecule has 0 aliphatic heterocycles. The standard InChI is InChI=1S/C17H24BrF2N/c1-3-8-21-17(12-6-4-11(2)5-7-12)16-14(19)9-13(18)10-15(16)20/h9-12,17,21H,3-8H2,1-2H3. The molecule has 1 atom stereocenters. The van der Waals surface area contributed by atoms with Crippen molar-refractivity contribution in [3.63, 3.8) is 0 Å². The highest BCUT2D eigenvalue weighted by Gasteiger charge is 2.30. The molecule has 0 amide bonds. The SMILES string of the molecule is CCCNC(c1c(F)cc(Br)cc1F)C1CCC(C)CC1. The van der Waals surface area contributed by atoms with E-state index in [-0.39, 0.29) is 11.6 Å². The molecule has 1 aromatic carbocycles. The molecular weight excluding hydrogens is 336 g/mol. The molecule has 1 nitrogen and oxygen atoms in total. The maximum absolute atomic E-state index is 14.3. The lowest BCUT2D eigenvalue weighted by atomic mass is 9.77. The molecule has 1 saturated carbocycles. The predicted octanol–water partition coefficient (Wildman–Crippen LogP) is 5.59. The average molecular weight is 360 g/mol. The summed E-state index contributed by atoms with van der Waals surface area (Å²) < 4.78 is 29.1. The minimum atomic E-state index is -0.450. The lowest BCUT2D eigenvalue weighted by molar-refractivity contribution is 0.225. The lowest BCUT2D eigenvalue weighted by Crippen LogP contribution is -2.32. The Labute approximate surface area is 134 Å². The minimum Gasteiger partial charge on any atom is -0.310 e. The third-order valence-corrected chi connectivity index (χ3v) is 4.96. The Morgan fingerprint density at radius 1 is 1.19 bits per heavy atom. The first kappa shape index (κ1) is 16.9. The molecule has 1 N–H and O–H groups in total. The first-order valence-electron chi connectivity index (χ1n) is 7.90. The first-order valence-corrected chi connectivity index (χ1v) is 8.70. The number of rotatable bonds is 5. The van der Waals surface area contributed by atoms with Gasteiger partial charge in [-0.25, -0.2) is 8.78 Å². The van der Waals surface area contributed by atoms with Gasteiger partial charge < -0.3 is 5.32 Å². The van der Waals surface area contributed by atoms with Crippen molar-refractivity contribution in [2.24, 2.45) is 11.8 Å². The summed E-state index contributed by atoms with van der Waals surface area (Å²) in [7, 11) is 0. The van der Waals surface area contributed by atoms with Crippen LogP contribution in [-0.4, -0.2) is 6.54 Å². The number of nitrogens with one attached hydrogen (secondary N) is 1. The van der Waals surface area contributed by atoms with Crippen LogP contribution < -0.4 is 5.32 Å². The topological polar surface area (TPSA) is 12.0 Å². The van der Waals surface area contributed by atoms with Gasteiger partial charge in [0.25, 0.3) is 0 Å². The molecule has 0 bridgehead atoms. The van der Waals surface area contributed by atoms with Gasteiger partial charge >= 0.3 is 0 Å². The van der Waals surface area contributed by atoms with E-state index in [4.69, 9.17) is 0 Å². The van der Waals surface area contributed by atoms with E-state index in [1.165, 1.54) is 12.1 Å². The molecule has 4 heteroatoms. The van der Waals surface area contributed by atoms with E-state index >= 15 is 0 Å². The fraction of sp³-hybridized carbons (Fsp3) is 0.647. The second-order valence-corrected chi connectivity index (χ2v) is 7.15. The summed E-state index contributed by atoms with van der Waals surface area (Å²) in [6.07, 6.45) is 5.33. The monoisotopic (exact) mass is 359 g/mol. The van der Waals surface area contributed by atoms with Crippen LogP contribution in [0.3, 0.4) is 0 Å². The number of benzene rings is 1. The fourth-order valence-electron chi connectivity index (χ4n) is 3.27. The van der Waals surface area contributed by atoms with Crippen molar-refractivity contribution in [1.29, 1.82) is 0 Å². The Morgan fingerprint density at radius 2 is 1.76 bits per heavy atom. The van der Waals surface area contributed by atoms with Crippen molar-refractivity contribution < 1.29 is 8.78 Å². The molecule has 0 saturated heterocycles. The van der Waals surface area contributed by atoms with E-state index in [1.807, 2.05) is 0 Å². The van der Waals surface area contributed by atoms with E-state index in [1.54, 1.807) is 0 Å². The zero-order chi connectivity index (χ0) is 15.4. The van der Waals surface area contributed by atoms with Gasteiger partial charge in [0.1, 0.15) is 11.6 Å². The molecule has 1 aromatic rings. The van der Waals surface area contributed by atoms with Gasteiger partial charge in [0, 0.05) is 16.1 Å². The third-order valence-electron chi connectivity index (χ3n) is 4.50. The summed E-state index contributed by atoms with van der Waals surface area (Å²) in [6, 6.07) is 2.51. The van der Waals surface area contributed by atoms with Crippen molar-refractivity contribution in [1.82, 2.24) is 5.32 Å². The molecule has 0 radical (unpaired) electrons. The molecule has 1 aliphatic carbocycles. The molecule has 0 heterocycles. The van der Waals surface area contributed by atoms with Crippen molar-refractivity contribution in [3.8, 4) is 0 Å². The van der Waals surface area contributed by atoms with Crippen molar-refractivity contribution in [2.45, 2.75) is 52.0 Å². The van der Waals surface area contributed by atoms with Crippen LogP contribution in [-0.2, 0) is 0 Å². The normalized spacial score (nSPS) is 24.0. The lowest BCUT2D eigenvalue weighted by Gasteiger charge is -2.34. The van der Waals surface area contributed by atoms with Crippen LogP contribution in [0.15, 0.2) is 16.6 Å². The van der Waals surface area contributed by atoms with Crippen molar-refractivity contribution in [2.75, 3.05) is 6.54 Å². The number of hydrogen-bond acceptors (Lipinski definition) is 1.